The van der Waals surface area contributed by atoms with Gasteiger partial charge >= 0.3 is 17.7 Å². The largest absolute Gasteiger partial charge is 0.463 e. The second-order valence-corrected chi connectivity index (χ2v) is 6.63. The van der Waals surface area contributed by atoms with Gasteiger partial charge in [0.15, 0.2) is 0 Å². The maximum absolute atomic E-state index is 12.6. The van der Waals surface area contributed by atoms with Gasteiger partial charge in [0.25, 0.3) is 5.69 Å². The highest BCUT2D eigenvalue weighted by molar-refractivity contribution is 5.88. The van der Waals surface area contributed by atoms with Gasteiger partial charge in [-0.25, -0.2) is 9.59 Å². The Morgan fingerprint density at radius 2 is 1.87 bits per heavy atom. The number of rotatable bonds is 6. The minimum Gasteiger partial charge on any atom is -0.463 e. The van der Waals surface area contributed by atoms with Gasteiger partial charge in [-0.1, -0.05) is 42.5 Å². The first kappa shape index (κ1) is 21.0. The molecule has 0 amide bonds. The van der Waals surface area contributed by atoms with Gasteiger partial charge in [0.2, 0.25) is 5.76 Å². The number of nitro groups is 1. The van der Waals surface area contributed by atoms with E-state index < -0.39 is 28.6 Å². The predicted molar refractivity (Wildman–Crippen MR) is 103 cm³/mol. The lowest BCUT2D eigenvalue weighted by molar-refractivity contribution is -0.384. The topological polar surface area (TPSA) is 125 Å². The summed E-state index contributed by atoms with van der Waals surface area (Å²) in [7, 11) is 1.13. The third kappa shape index (κ3) is 4.64. The third-order valence-corrected chi connectivity index (χ3v) is 4.58. The summed E-state index contributed by atoms with van der Waals surface area (Å²) in [6.07, 6.45) is 1.14. The molecule has 0 aliphatic carbocycles. The van der Waals surface area contributed by atoms with Gasteiger partial charge in [0, 0.05) is 24.5 Å². The molecule has 0 radical (unpaired) electrons. The fourth-order valence-corrected chi connectivity index (χ4v) is 3.03. The van der Waals surface area contributed by atoms with Gasteiger partial charge in [-0.2, -0.15) is 0 Å². The van der Waals surface area contributed by atoms with Gasteiger partial charge in [-0.15, -0.1) is 0 Å². The SMILES string of the molecule is COC(=O)C1=CC(c2ccc([N+](=O)[O-])cc2)CC(O)(C(=O)OCc2ccccc2)O1. The Hall–Kier alpha value is -3.72. The number of ether oxygens (including phenoxy) is 3. The number of carbonyl (C=O) groups is 2. The molecule has 9 heteroatoms. The van der Waals surface area contributed by atoms with E-state index in [1.165, 1.54) is 30.3 Å². The molecule has 2 atom stereocenters. The molecule has 156 valence electrons. The molecule has 3 rings (SSSR count). The minimum atomic E-state index is -2.43. The Balaban J connectivity index is 1.84. The number of allylic oxidation sites excluding steroid dienone is 1. The van der Waals surface area contributed by atoms with Gasteiger partial charge in [-0.3, -0.25) is 10.1 Å². The Bertz CT molecular complexity index is 970. The van der Waals surface area contributed by atoms with Crippen LogP contribution in [0.25, 0.3) is 0 Å². The van der Waals surface area contributed by atoms with Crippen molar-refractivity contribution in [1.82, 2.24) is 0 Å². The zero-order chi connectivity index (χ0) is 21.7. The highest BCUT2D eigenvalue weighted by Crippen LogP contribution is 2.37. The molecule has 2 unspecified atom stereocenters. The van der Waals surface area contributed by atoms with Crippen LogP contribution in [-0.2, 0) is 30.4 Å². The summed E-state index contributed by atoms with van der Waals surface area (Å²) in [5.41, 5.74) is 1.14. The van der Waals surface area contributed by atoms with E-state index in [1.54, 1.807) is 24.3 Å². The molecule has 0 aromatic heterocycles. The van der Waals surface area contributed by atoms with Crippen molar-refractivity contribution >= 4 is 17.6 Å². The van der Waals surface area contributed by atoms with Crippen molar-refractivity contribution in [3.63, 3.8) is 0 Å². The maximum atomic E-state index is 12.6. The normalized spacial score (nSPS) is 20.5. The second kappa shape index (κ2) is 8.75. The highest BCUT2D eigenvalue weighted by Gasteiger charge is 2.47. The number of non-ortho nitro benzene ring substituents is 1. The van der Waals surface area contributed by atoms with Crippen LogP contribution in [0.15, 0.2) is 66.4 Å². The summed E-state index contributed by atoms with van der Waals surface area (Å²) in [6.45, 7) is -0.0924. The average molecular weight is 413 g/mol. The van der Waals surface area contributed by atoms with Crippen LogP contribution in [-0.4, -0.2) is 34.9 Å². The Morgan fingerprint density at radius 1 is 1.20 bits per heavy atom. The molecule has 30 heavy (non-hydrogen) atoms. The summed E-state index contributed by atoms with van der Waals surface area (Å²) in [5, 5.41) is 21.7. The molecular formula is C21H19NO8. The van der Waals surface area contributed by atoms with Crippen molar-refractivity contribution in [1.29, 1.82) is 0 Å². The van der Waals surface area contributed by atoms with Crippen LogP contribution in [0.2, 0.25) is 0 Å². The minimum absolute atomic E-state index is 0.0924. The van der Waals surface area contributed by atoms with Crippen LogP contribution in [0.5, 0.6) is 0 Å². The lowest BCUT2D eigenvalue weighted by Gasteiger charge is -2.33. The van der Waals surface area contributed by atoms with Crippen LogP contribution >= 0.6 is 0 Å². The molecule has 9 nitrogen and oxygen atoms in total. The number of nitro benzene ring substituents is 1. The molecule has 0 fully saturated rings. The van der Waals surface area contributed by atoms with E-state index >= 15 is 0 Å². The van der Waals surface area contributed by atoms with Crippen molar-refractivity contribution < 1.29 is 33.8 Å². The number of carbonyl (C=O) groups excluding carboxylic acids is 2. The first-order valence-corrected chi connectivity index (χ1v) is 8.99. The van der Waals surface area contributed by atoms with Gasteiger partial charge < -0.3 is 19.3 Å². The average Bonchev–Trinajstić information content (AvgIpc) is 2.77. The summed E-state index contributed by atoms with van der Waals surface area (Å²) in [6, 6.07) is 14.4. The van der Waals surface area contributed by atoms with Crippen molar-refractivity contribution in [2.45, 2.75) is 24.7 Å². The maximum Gasteiger partial charge on any atom is 0.379 e. The van der Waals surface area contributed by atoms with Gasteiger partial charge in [0.05, 0.1) is 12.0 Å². The molecule has 0 saturated heterocycles. The lowest BCUT2D eigenvalue weighted by Crippen LogP contribution is -2.46. The molecule has 1 aliphatic heterocycles. The Labute approximate surface area is 171 Å². The van der Waals surface area contributed by atoms with Gasteiger partial charge in [0.1, 0.15) is 6.61 Å². The standard InChI is InChI=1S/C21H19NO8/c1-28-19(23)18-11-16(15-7-9-17(10-8-15)22(26)27)12-21(25,30-18)20(24)29-13-14-5-3-2-4-6-14/h2-11,16,25H,12-13H2,1H3. The number of aliphatic hydroxyl groups is 1. The van der Waals surface area contributed by atoms with Crippen molar-refractivity contribution in [2.24, 2.45) is 0 Å². The molecule has 2 aromatic carbocycles. The zero-order valence-electron chi connectivity index (χ0n) is 16.0. The summed E-state index contributed by atoms with van der Waals surface area (Å²) < 4.78 is 15.1. The monoisotopic (exact) mass is 413 g/mol. The smallest absolute Gasteiger partial charge is 0.379 e. The Kier molecular flexibility index (Phi) is 6.12. The summed E-state index contributed by atoms with van der Waals surface area (Å²) in [5.74, 6) is -5.38. The number of nitrogens with zero attached hydrogens (tertiary/aromatic N) is 1. The quantitative estimate of drug-likeness (QED) is 0.435. The van der Waals surface area contributed by atoms with Crippen LogP contribution in [0.4, 0.5) is 5.69 Å². The molecule has 1 aliphatic rings. The summed E-state index contributed by atoms with van der Waals surface area (Å²) in [4.78, 5) is 34.9. The number of methoxy groups -OCH3 is 1. The van der Waals surface area contributed by atoms with Crippen LogP contribution in [0.3, 0.4) is 0 Å². The predicted octanol–water partition coefficient (Wildman–Crippen LogP) is 2.59. The number of benzene rings is 2. The van der Waals surface area contributed by atoms with Crippen LogP contribution in [0.1, 0.15) is 23.5 Å². The number of hydrogen-bond donors (Lipinski definition) is 1. The molecule has 1 heterocycles. The fraction of sp³-hybridized carbons (Fsp3) is 0.238. The molecule has 0 saturated carbocycles. The molecule has 0 bridgehead atoms. The third-order valence-electron chi connectivity index (χ3n) is 4.58. The van der Waals surface area contributed by atoms with Crippen LogP contribution in [0, 0.1) is 10.1 Å². The molecular weight excluding hydrogens is 394 g/mol. The van der Waals surface area contributed by atoms with E-state index in [4.69, 9.17) is 9.47 Å². The van der Waals surface area contributed by atoms with E-state index in [0.717, 1.165) is 7.11 Å². The highest BCUT2D eigenvalue weighted by atomic mass is 16.7. The van der Waals surface area contributed by atoms with E-state index in [2.05, 4.69) is 4.74 Å². The van der Waals surface area contributed by atoms with E-state index in [1.807, 2.05) is 6.07 Å². The first-order chi connectivity index (χ1) is 14.3. The fourth-order valence-electron chi connectivity index (χ4n) is 3.03. The zero-order valence-corrected chi connectivity index (χ0v) is 16.0. The van der Waals surface area contributed by atoms with Crippen LogP contribution < -0.4 is 0 Å². The first-order valence-electron chi connectivity index (χ1n) is 8.99. The van der Waals surface area contributed by atoms with E-state index in [9.17, 15) is 24.8 Å². The molecule has 0 spiro atoms. The second-order valence-electron chi connectivity index (χ2n) is 6.63. The number of hydrogen-bond acceptors (Lipinski definition) is 8. The van der Waals surface area contributed by atoms with Crippen molar-refractivity contribution in [3.05, 3.63) is 87.7 Å². The van der Waals surface area contributed by atoms with Crippen molar-refractivity contribution in [3.8, 4) is 0 Å². The number of esters is 2. The van der Waals surface area contributed by atoms with Gasteiger partial charge in [-0.05, 0) is 17.2 Å². The molecule has 2 aromatic rings. The Morgan fingerprint density at radius 3 is 2.47 bits per heavy atom. The lowest BCUT2D eigenvalue weighted by atomic mass is 9.88. The van der Waals surface area contributed by atoms with E-state index in [-0.39, 0.29) is 24.5 Å². The van der Waals surface area contributed by atoms with Crippen molar-refractivity contribution in [2.75, 3.05) is 7.11 Å². The summed E-state index contributed by atoms with van der Waals surface area (Å²) >= 11 is 0. The van der Waals surface area contributed by atoms with E-state index in [0.29, 0.717) is 11.1 Å². The molecule has 1 N–H and O–H groups in total.